The van der Waals surface area contributed by atoms with E-state index in [1.807, 2.05) is 23.1 Å². The quantitative estimate of drug-likeness (QED) is 0.858. The molecule has 0 saturated carbocycles. The summed E-state index contributed by atoms with van der Waals surface area (Å²) >= 11 is 0. The van der Waals surface area contributed by atoms with Crippen molar-refractivity contribution in [3.63, 3.8) is 0 Å². The molecule has 1 aliphatic rings. The number of benzene rings is 1. The van der Waals surface area contributed by atoms with Gasteiger partial charge < -0.3 is 19.7 Å². The number of ether oxygens (including phenoxy) is 2. The Balaban J connectivity index is 2.06. The number of hydrogen-bond acceptors (Lipinski definition) is 4. The summed E-state index contributed by atoms with van der Waals surface area (Å²) in [6.07, 6.45) is 0.999. The Morgan fingerprint density at radius 2 is 1.96 bits per heavy atom. The molecule has 1 N–H and O–H groups in total. The van der Waals surface area contributed by atoms with Crippen molar-refractivity contribution in [1.82, 2.24) is 15.1 Å². The van der Waals surface area contributed by atoms with Gasteiger partial charge in [-0.3, -0.25) is 4.90 Å². The van der Waals surface area contributed by atoms with Crippen LogP contribution in [0.25, 0.3) is 0 Å². The van der Waals surface area contributed by atoms with Gasteiger partial charge in [0.05, 0.1) is 20.3 Å². The smallest absolute Gasteiger partial charge is 0.317 e. The predicted molar refractivity (Wildman–Crippen MR) is 99.3 cm³/mol. The molecule has 25 heavy (non-hydrogen) atoms. The Morgan fingerprint density at radius 3 is 2.60 bits per heavy atom. The molecule has 1 heterocycles. The van der Waals surface area contributed by atoms with Crippen LogP contribution in [0.3, 0.4) is 0 Å². The van der Waals surface area contributed by atoms with E-state index in [9.17, 15) is 4.79 Å². The fourth-order valence-electron chi connectivity index (χ4n) is 3.06. The Morgan fingerprint density at radius 1 is 1.24 bits per heavy atom. The van der Waals surface area contributed by atoms with Crippen LogP contribution < -0.4 is 14.8 Å². The molecule has 1 unspecified atom stereocenters. The Labute approximate surface area is 151 Å². The maximum absolute atomic E-state index is 12.4. The molecule has 1 atom stereocenters. The molecule has 1 fully saturated rings. The van der Waals surface area contributed by atoms with E-state index in [0.717, 1.165) is 31.6 Å². The summed E-state index contributed by atoms with van der Waals surface area (Å²) in [7, 11) is 5.36. The molecule has 0 aliphatic carbocycles. The number of methoxy groups -OCH3 is 2. The van der Waals surface area contributed by atoms with Crippen molar-refractivity contribution in [1.29, 1.82) is 0 Å². The fourth-order valence-corrected chi connectivity index (χ4v) is 3.06. The number of carbonyl (C=O) groups is 1. The number of rotatable bonds is 6. The SMILES string of the molecule is COc1ccc(C2CN(C(=O)NCCC(C)C)CCN2C)cc1OC. The van der Waals surface area contributed by atoms with E-state index in [0.29, 0.717) is 24.0 Å². The first kappa shape index (κ1) is 19.4. The first-order chi connectivity index (χ1) is 12.0. The van der Waals surface area contributed by atoms with Crippen molar-refractivity contribution < 1.29 is 14.3 Å². The molecule has 0 spiro atoms. The molecule has 2 amide bonds. The van der Waals surface area contributed by atoms with E-state index in [-0.39, 0.29) is 12.1 Å². The van der Waals surface area contributed by atoms with Gasteiger partial charge in [0.15, 0.2) is 11.5 Å². The van der Waals surface area contributed by atoms with Crippen LogP contribution in [0.4, 0.5) is 4.79 Å². The monoisotopic (exact) mass is 349 g/mol. The third-order valence-electron chi connectivity index (χ3n) is 4.73. The van der Waals surface area contributed by atoms with Gasteiger partial charge in [-0.1, -0.05) is 19.9 Å². The molecule has 1 aromatic rings. The standard InChI is InChI=1S/C19H31N3O3/c1-14(2)8-9-20-19(23)22-11-10-21(3)16(13-22)15-6-7-17(24-4)18(12-15)25-5/h6-7,12,14,16H,8-11,13H2,1-5H3,(H,20,23). The van der Waals surface area contributed by atoms with Gasteiger partial charge in [-0.05, 0) is 37.1 Å². The van der Waals surface area contributed by atoms with Gasteiger partial charge in [-0.25, -0.2) is 4.79 Å². The summed E-state index contributed by atoms with van der Waals surface area (Å²) in [6, 6.07) is 6.13. The topological polar surface area (TPSA) is 54.0 Å². The number of urea groups is 1. The second kappa shape index (κ2) is 8.94. The van der Waals surface area contributed by atoms with Gasteiger partial charge >= 0.3 is 6.03 Å². The zero-order chi connectivity index (χ0) is 18.4. The third kappa shape index (κ3) is 5.01. The van der Waals surface area contributed by atoms with Crippen molar-refractivity contribution >= 4 is 6.03 Å². The van der Waals surface area contributed by atoms with Crippen molar-refractivity contribution in [3.8, 4) is 11.5 Å². The lowest BCUT2D eigenvalue weighted by molar-refractivity contribution is 0.110. The van der Waals surface area contributed by atoms with Crippen molar-refractivity contribution in [3.05, 3.63) is 23.8 Å². The summed E-state index contributed by atoms with van der Waals surface area (Å²) in [5.41, 5.74) is 1.12. The lowest BCUT2D eigenvalue weighted by atomic mass is 10.0. The molecule has 0 bridgehead atoms. The minimum atomic E-state index is 0.0271. The minimum Gasteiger partial charge on any atom is -0.493 e. The summed E-state index contributed by atoms with van der Waals surface area (Å²) < 4.78 is 10.7. The van der Waals surface area contributed by atoms with E-state index >= 15 is 0 Å². The average molecular weight is 349 g/mol. The summed E-state index contributed by atoms with van der Waals surface area (Å²) in [5.74, 6) is 2.02. The molecule has 1 saturated heterocycles. The second-order valence-corrected chi connectivity index (χ2v) is 6.97. The minimum absolute atomic E-state index is 0.0271. The molecule has 2 rings (SSSR count). The van der Waals surface area contributed by atoms with Crippen LogP contribution in [0.15, 0.2) is 18.2 Å². The van der Waals surface area contributed by atoms with Crippen LogP contribution in [0.1, 0.15) is 31.9 Å². The third-order valence-corrected chi connectivity index (χ3v) is 4.73. The van der Waals surface area contributed by atoms with Crippen molar-refractivity contribution in [2.75, 3.05) is 47.4 Å². The van der Waals surface area contributed by atoms with E-state index in [1.54, 1.807) is 14.2 Å². The largest absolute Gasteiger partial charge is 0.493 e. The van der Waals surface area contributed by atoms with Crippen LogP contribution in [0.5, 0.6) is 11.5 Å². The zero-order valence-corrected chi connectivity index (χ0v) is 16.0. The van der Waals surface area contributed by atoms with Crippen LogP contribution in [-0.2, 0) is 0 Å². The first-order valence-corrected chi connectivity index (χ1v) is 8.91. The van der Waals surface area contributed by atoms with E-state index in [4.69, 9.17) is 9.47 Å². The van der Waals surface area contributed by atoms with Crippen molar-refractivity contribution in [2.24, 2.45) is 5.92 Å². The van der Waals surface area contributed by atoms with E-state index in [2.05, 4.69) is 31.1 Å². The molecule has 6 nitrogen and oxygen atoms in total. The molecule has 140 valence electrons. The normalized spacial score (nSPS) is 18.3. The average Bonchev–Trinajstić information content (AvgIpc) is 2.61. The van der Waals surface area contributed by atoms with E-state index < -0.39 is 0 Å². The zero-order valence-electron chi connectivity index (χ0n) is 16.0. The highest BCUT2D eigenvalue weighted by Crippen LogP contribution is 2.32. The highest BCUT2D eigenvalue weighted by Gasteiger charge is 2.29. The van der Waals surface area contributed by atoms with Crippen LogP contribution in [0, 0.1) is 5.92 Å². The van der Waals surface area contributed by atoms with Gasteiger partial charge in [-0.15, -0.1) is 0 Å². The number of piperazine rings is 1. The van der Waals surface area contributed by atoms with Gasteiger partial charge in [0.2, 0.25) is 0 Å². The fraction of sp³-hybridized carbons (Fsp3) is 0.632. The second-order valence-electron chi connectivity index (χ2n) is 6.97. The summed E-state index contributed by atoms with van der Waals surface area (Å²) in [4.78, 5) is 16.6. The lowest BCUT2D eigenvalue weighted by Gasteiger charge is -2.39. The Hall–Kier alpha value is -1.95. The van der Waals surface area contributed by atoms with Gasteiger partial charge in [-0.2, -0.15) is 0 Å². The lowest BCUT2D eigenvalue weighted by Crippen LogP contribution is -2.52. The summed E-state index contributed by atoms with van der Waals surface area (Å²) in [5, 5.41) is 3.04. The number of hydrogen-bond donors (Lipinski definition) is 1. The molecule has 1 aliphatic heterocycles. The first-order valence-electron chi connectivity index (χ1n) is 8.91. The van der Waals surface area contributed by atoms with Gasteiger partial charge in [0.1, 0.15) is 0 Å². The molecular weight excluding hydrogens is 318 g/mol. The highest BCUT2D eigenvalue weighted by atomic mass is 16.5. The maximum Gasteiger partial charge on any atom is 0.317 e. The van der Waals surface area contributed by atoms with Crippen molar-refractivity contribution in [2.45, 2.75) is 26.3 Å². The van der Waals surface area contributed by atoms with E-state index in [1.165, 1.54) is 0 Å². The molecule has 0 radical (unpaired) electrons. The molecule has 0 aromatic heterocycles. The number of carbonyl (C=O) groups excluding carboxylic acids is 1. The van der Waals surface area contributed by atoms with Crippen LogP contribution >= 0.6 is 0 Å². The highest BCUT2D eigenvalue weighted by molar-refractivity contribution is 5.74. The number of nitrogens with zero attached hydrogens (tertiary/aromatic N) is 2. The van der Waals surface area contributed by atoms with Gasteiger partial charge in [0, 0.05) is 26.2 Å². The number of amides is 2. The molecular formula is C19H31N3O3. The molecule has 6 heteroatoms. The summed E-state index contributed by atoms with van der Waals surface area (Å²) in [6.45, 7) is 7.30. The van der Waals surface area contributed by atoms with Crippen LogP contribution in [-0.4, -0.2) is 63.3 Å². The van der Waals surface area contributed by atoms with Crippen LogP contribution in [0.2, 0.25) is 0 Å². The Bertz CT molecular complexity index is 577. The van der Waals surface area contributed by atoms with Gasteiger partial charge in [0.25, 0.3) is 0 Å². The number of nitrogens with one attached hydrogen (secondary N) is 1. The molecule has 1 aromatic carbocycles. The number of likely N-dealkylation sites (N-methyl/N-ethyl adjacent to an activating group) is 1. The predicted octanol–water partition coefficient (Wildman–Crippen LogP) is 2.75. The Kier molecular flexibility index (Phi) is 6.93. The maximum atomic E-state index is 12.4.